The summed E-state index contributed by atoms with van der Waals surface area (Å²) in [7, 11) is 3.16. The minimum Gasteiger partial charge on any atom is -0.493 e. The van der Waals surface area contributed by atoms with Crippen molar-refractivity contribution in [3.8, 4) is 22.8 Å². The van der Waals surface area contributed by atoms with E-state index < -0.39 is 0 Å². The van der Waals surface area contributed by atoms with Crippen molar-refractivity contribution in [1.29, 1.82) is 0 Å². The molecule has 1 aromatic heterocycles. The fraction of sp³-hybridized carbons (Fsp3) is 0.120. The molecule has 0 atom stereocenters. The first-order chi connectivity index (χ1) is 15.1. The number of aromatic nitrogens is 1. The van der Waals surface area contributed by atoms with Gasteiger partial charge >= 0.3 is 0 Å². The highest BCUT2D eigenvalue weighted by Gasteiger charge is 2.15. The lowest BCUT2D eigenvalue weighted by molar-refractivity contribution is 0.102. The zero-order valence-electron chi connectivity index (χ0n) is 17.3. The Kier molecular flexibility index (Phi) is 5.82. The monoisotopic (exact) mass is 414 g/mol. The first-order valence-electron chi connectivity index (χ1n) is 9.76. The summed E-state index contributed by atoms with van der Waals surface area (Å²) in [4.78, 5) is 17.9. The van der Waals surface area contributed by atoms with Crippen LogP contribution < -0.4 is 14.8 Å². The minimum absolute atomic E-state index is 0.0919. The average Bonchev–Trinajstić information content (AvgIpc) is 2.82. The number of nitrogens with zero attached hydrogens (tertiary/aromatic N) is 1. The molecule has 0 spiro atoms. The number of para-hydroxylation sites is 1. The molecule has 156 valence electrons. The number of fused-ring (bicyclic) bond motifs is 1. The summed E-state index contributed by atoms with van der Waals surface area (Å²) in [5, 5.41) is 13.0. The van der Waals surface area contributed by atoms with Gasteiger partial charge in [0.25, 0.3) is 5.91 Å². The van der Waals surface area contributed by atoms with Crippen LogP contribution in [0.1, 0.15) is 15.9 Å². The zero-order chi connectivity index (χ0) is 21.8. The maximum Gasteiger partial charge on any atom is 0.256 e. The Morgan fingerprint density at radius 2 is 1.74 bits per heavy atom. The molecule has 2 N–H and O–H groups in total. The van der Waals surface area contributed by atoms with Gasteiger partial charge in [-0.1, -0.05) is 30.3 Å². The van der Waals surface area contributed by atoms with Crippen LogP contribution >= 0.6 is 0 Å². The first kappa shape index (κ1) is 20.4. The quantitative estimate of drug-likeness (QED) is 0.479. The third-order valence-corrected chi connectivity index (χ3v) is 5.01. The standard InChI is InChI=1S/C25H22N2O4/c1-30-23-11-10-17(13-24(23)31-2)22-14-20(19-8-3-4-9-21(19)27-22)25(29)26-18-7-5-6-16(12-18)15-28/h3-14,28H,15H2,1-2H3,(H,26,29). The Bertz CT molecular complexity index is 1250. The molecule has 1 heterocycles. The van der Waals surface area contributed by atoms with Crippen molar-refractivity contribution in [2.75, 3.05) is 19.5 Å². The SMILES string of the molecule is COc1ccc(-c2cc(C(=O)Nc3cccc(CO)c3)c3ccccc3n2)cc1OC. The van der Waals surface area contributed by atoms with Gasteiger partial charge in [0, 0.05) is 16.6 Å². The molecule has 31 heavy (non-hydrogen) atoms. The molecule has 0 bridgehead atoms. The number of ether oxygens (including phenoxy) is 2. The van der Waals surface area contributed by atoms with E-state index in [0.29, 0.717) is 34.0 Å². The molecule has 6 heteroatoms. The number of hydrogen-bond acceptors (Lipinski definition) is 5. The van der Waals surface area contributed by atoms with Crippen molar-refractivity contribution < 1.29 is 19.4 Å². The molecule has 0 aliphatic carbocycles. The van der Waals surface area contributed by atoms with Crippen molar-refractivity contribution >= 4 is 22.5 Å². The van der Waals surface area contributed by atoms with Crippen LogP contribution in [-0.4, -0.2) is 30.2 Å². The summed E-state index contributed by atoms with van der Waals surface area (Å²) in [5.74, 6) is 0.950. The number of methoxy groups -OCH3 is 2. The lowest BCUT2D eigenvalue weighted by atomic mass is 10.0. The number of carbonyl (C=O) groups is 1. The number of aliphatic hydroxyl groups excluding tert-OH is 1. The molecule has 6 nitrogen and oxygen atoms in total. The van der Waals surface area contributed by atoms with Gasteiger partial charge in [0.2, 0.25) is 0 Å². The van der Waals surface area contributed by atoms with Gasteiger partial charge in [0.05, 0.1) is 37.6 Å². The fourth-order valence-corrected chi connectivity index (χ4v) is 3.45. The Balaban J connectivity index is 1.79. The molecule has 0 fully saturated rings. The lowest BCUT2D eigenvalue weighted by Crippen LogP contribution is -2.13. The molecule has 4 rings (SSSR count). The Morgan fingerprint density at radius 1 is 0.935 bits per heavy atom. The van der Waals surface area contributed by atoms with Crippen LogP contribution in [0, 0.1) is 0 Å². The third-order valence-electron chi connectivity index (χ3n) is 5.01. The van der Waals surface area contributed by atoms with Gasteiger partial charge in [-0.3, -0.25) is 4.79 Å². The van der Waals surface area contributed by atoms with E-state index in [1.54, 1.807) is 44.6 Å². The summed E-state index contributed by atoms with van der Waals surface area (Å²) in [5.41, 5.74) is 4.01. The van der Waals surface area contributed by atoms with Crippen LogP contribution in [0.2, 0.25) is 0 Å². The van der Waals surface area contributed by atoms with Crippen LogP contribution in [0.5, 0.6) is 11.5 Å². The van der Waals surface area contributed by atoms with Crippen LogP contribution in [0.15, 0.2) is 72.8 Å². The van der Waals surface area contributed by atoms with E-state index in [1.165, 1.54) is 0 Å². The maximum atomic E-state index is 13.2. The van der Waals surface area contributed by atoms with Crippen molar-refractivity contribution in [3.05, 3.63) is 83.9 Å². The van der Waals surface area contributed by atoms with Crippen molar-refractivity contribution in [2.24, 2.45) is 0 Å². The van der Waals surface area contributed by atoms with E-state index in [9.17, 15) is 9.90 Å². The predicted octanol–water partition coefficient (Wildman–Crippen LogP) is 4.66. The fourth-order valence-electron chi connectivity index (χ4n) is 3.45. The summed E-state index contributed by atoms with van der Waals surface area (Å²) in [6.07, 6.45) is 0. The van der Waals surface area contributed by atoms with Crippen LogP contribution in [0.3, 0.4) is 0 Å². The summed E-state index contributed by atoms with van der Waals surface area (Å²) in [6, 6.07) is 21.9. The van der Waals surface area contributed by atoms with E-state index in [-0.39, 0.29) is 12.5 Å². The highest BCUT2D eigenvalue weighted by molar-refractivity contribution is 6.13. The normalized spacial score (nSPS) is 10.7. The maximum absolute atomic E-state index is 13.2. The molecule has 3 aromatic carbocycles. The number of amides is 1. The topological polar surface area (TPSA) is 80.7 Å². The Hall–Kier alpha value is -3.90. The number of anilines is 1. The highest BCUT2D eigenvalue weighted by atomic mass is 16.5. The summed E-state index contributed by atoms with van der Waals surface area (Å²) < 4.78 is 10.7. The molecule has 0 aliphatic heterocycles. The number of nitrogens with one attached hydrogen (secondary N) is 1. The van der Waals surface area contributed by atoms with Crippen LogP contribution in [0.25, 0.3) is 22.2 Å². The molecule has 4 aromatic rings. The Morgan fingerprint density at radius 3 is 2.52 bits per heavy atom. The molecule has 0 radical (unpaired) electrons. The largest absolute Gasteiger partial charge is 0.493 e. The minimum atomic E-state index is -0.254. The van der Waals surface area contributed by atoms with E-state index in [4.69, 9.17) is 14.5 Å². The Labute approximate surface area is 180 Å². The van der Waals surface area contributed by atoms with E-state index in [2.05, 4.69) is 5.32 Å². The zero-order valence-corrected chi connectivity index (χ0v) is 17.3. The summed E-state index contributed by atoms with van der Waals surface area (Å²) in [6.45, 7) is -0.0919. The number of aliphatic hydroxyl groups is 1. The van der Waals surface area contributed by atoms with Crippen LogP contribution in [-0.2, 0) is 6.61 Å². The summed E-state index contributed by atoms with van der Waals surface area (Å²) >= 11 is 0. The predicted molar refractivity (Wildman–Crippen MR) is 121 cm³/mol. The number of hydrogen-bond donors (Lipinski definition) is 2. The average molecular weight is 414 g/mol. The first-order valence-corrected chi connectivity index (χ1v) is 9.76. The number of pyridine rings is 1. The van der Waals surface area contributed by atoms with Gasteiger partial charge < -0.3 is 19.9 Å². The second-order valence-corrected chi connectivity index (χ2v) is 6.95. The molecular weight excluding hydrogens is 392 g/mol. The van der Waals surface area contributed by atoms with E-state index >= 15 is 0 Å². The third kappa shape index (κ3) is 4.20. The highest BCUT2D eigenvalue weighted by Crippen LogP contribution is 2.33. The van der Waals surface area contributed by atoms with Crippen LogP contribution in [0.4, 0.5) is 5.69 Å². The van der Waals surface area contributed by atoms with Crippen molar-refractivity contribution in [2.45, 2.75) is 6.61 Å². The van der Waals surface area contributed by atoms with Gasteiger partial charge in [-0.15, -0.1) is 0 Å². The molecule has 0 unspecified atom stereocenters. The molecular formula is C25H22N2O4. The second kappa shape index (κ2) is 8.85. The molecule has 0 saturated heterocycles. The van der Waals surface area contributed by atoms with E-state index in [1.807, 2.05) is 42.5 Å². The number of carbonyl (C=O) groups excluding carboxylic acids is 1. The van der Waals surface area contributed by atoms with Gasteiger partial charge in [0.15, 0.2) is 11.5 Å². The molecule has 0 saturated carbocycles. The van der Waals surface area contributed by atoms with Crippen molar-refractivity contribution in [3.63, 3.8) is 0 Å². The van der Waals surface area contributed by atoms with Gasteiger partial charge in [-0.2, -0.15) is 0 Å². The smallest absolute Gasteiger partial charge is 0.256 e. The van der Waals surface area contributed by atoms with Gasteiger partial charge in [0.1, 0.15) is 0 Å². The van der Waals surface area contributed by atoms with Gasteiger partial charge in [-0.25, -0.2) is 4.98 Å². The number of rotatable bonds is 6. The van der Waals surface area contributed by atoms with Crippen molar-refractivity contribution in [1.82, 2.24) is 4.98 Å². The number of benzene rings is 3. The molecule has 1 amide bonds. The second-order valence-electron chi connectivity index (χ2n) is 6.95. The van der Waals surface area contributed by atoms with E-state index in [0.717, 1.165) is 16.5 Å². The van der Waals surface area contributed by atoms with Gasteiger partial charge in [-0.05, 0) is 48.0 Å². The lowest BCUT2D eigenvalue weighted by Gasteiger charge is -2.13. The molecule has 0 aliphatic rings.